The summed E-state index contributed by atoms with van der Waals surface area (Å²) < 4.78 is 22.3. The van der Waals surface area contributed by atoms with Crippen LogP contribution in [0.15, 0.2) is 49.1 Å². The molecule has 0 fully saturated rings. The van der Waals surface area contributed by atoms with E-state index in [0.717, 1.165) is 25.9 Å². The van der Waals surface area contributed by atoms with Crippen LogP contribution in [-0.2, 0) is 17.8 Å². The summed E-state index contributed by atoms with van der Waals surface area (Å²) in [6.45, 7) is 4.98. The predicted octanol–water partition coefficient (Wildman–Crippen LogP) is -0.0326. The van der Waals surface area contributed by atoms with Gasteiger partial charge in [-0.15, -0.1) is 0 Å². The molecule has 11 heteroatoms. The lowest BCUT2D eigenvalue weighted by Gasteiger charge is -2.33. The van der Waals surface area contributed by atoms with E-state index in [0.29, 0.717) is 11.5 Å². The number of pyridine rings is 2. The topological polar surface area (TPSA) is 116 Å². The summed E-state index contributed by atoms with van der Waals surface area (Å²) in [5.74, 6) is 1.31. The van der Waals surface area contributed by atoms with Crippen LogP contribution in [0.3, 0.4) is 0 Å². The molecule has 0 aliphatic heterocycles. The molecule has 0 saturated carbocycles. The second kappa shape index (κ2) is 31.1. The molecule has 0 atom stereocenters. The first-order chi connectivity index (χ1) is 24.0. The average Bonchev–Trinajstić information content (AvgIpc) is 3.14. The van der Waals surface area contributed by atoms with Gasteiger partial charge in [0.25, 0.3) is 0 Å². The molecule has 9 nitrogen and oxygen atoms in total. The Morgan fingerprint density at radius 1 is 0.490 bits per heavy atom. The maximum atomic E-state index is 10.2. The van der Waals surface area contributed by atoms with Gasteiger partial charge < -0.3 is 68.6 Å². The largest absolute Gasteiger partial charge is 1.00 e. The molecular formula is C40H70Br2N2O7. The Morgan fingerprint density at radius 2 is 0.824 bits per heavy atom. The fourth-order valence-electron chi connectivity index (χ4n) is 5.81. The molecule has 0 aromatic carbocycles. The van der Waals surface area contributed by atoms with E-state index in [1.165, 1.54) is 89.9 Å². The molecular weight excluding hydrogens is 780 g/mol. The molecule has 0 unspecified atom stereocenters. The maximum Gasteiger partial charge on any atom is 0.211 e. The highest BCUT2D eigenvalue weighted by atomic mass is 79.9. The Labute approximate surface area is 330 Å². The van der Waals surface area contributed by atoms with Crippen LogP contribution in [0.2, 0.25) is 0 Å². The zero-order valence-electron chi connectivity index (χ0n) is 31.7. The number of rotatable bonds is 32. The van der Waals surface area contributed by atoms with Gasteiger partial charge in [-0.25, -0.2) is 9.13 Å². The zero-order valence-corrected chi connectivity index (χ0v) is 34.8. The lowest BCUT2D eigenvalue weighted by molar-refractivity contribution is -0.697. The average molecular weight is 851 g/mol. The van der Waals surface area contributed by atoms with Gasteiger partial charge in [0.2, 0.25) is 12.4 Å². The van der Waals surface area contributed by atoms with Gasteiger partial charge in [-0.2, -0.15) is 0 Å². The zero-order chi connectivity index (χ0) is 35.5. The third-order valence-electron chi connectivity index (χ3n) is 9.45. The van der Waals surface area contributed by atoms with Crippen LogP contribution in [0.5, 0.6) is 11.5 Å². The van der Waals surface area contributed by atoms with Gasteiger partial charge in [-0.05, 0) is 25.0 Å². The fourth-order valence-corrected chi connectivity index (χ4v) is 5.81. The van der Waals surface area contributed by atoms with E-state index in [1.54, 1.807) is 0 Å². The van der Waals surface area contributed by atoms with Crippen LogP contribution >= 0.6 is 0 Å². The van der Waals surface area contributed by atoms with Crippen molar-refractivity contribution in [3.8, 4) is 11.5 Å². The molecule has 0 radical (unpaired) electrons. The van der Waals surface area contributed by atoms with E-state index in [4.69, 9.17) is 14.2 Å². The standard InChI is InChI=1S/C40H70N2O7.2BrH/c1-3-5-7-9-11-13-15-17-23-41-25-19-21-37(27-41)48-35-39(29-43,30-44)33-47-34-40(31-45,32-46)36-49-38-22-20-26-42(28-38)24-18-16-14-12-10-8-6-4-2;;/h19-22,25-28,43-46H,3-18,23-24,29-36H2,1-2H3;2*1H/q+2;;/p-2. The molecule has 0 saturated heterocycles. The number of nitrogens with zero attached hydrogens (tertiary/aromatic N) is 2. The van der Waals surface area contributed by atoms with E-state index in [1.807, 2.05) is 49.1 Å². The Balaban J connectivity index is 0.0000125. The molecule has 0 spiro atoms. The Hall–Kier alpha value is -1.34. The summed E-state index contributed by atoms with van der Waals surface area (Å²) in [5, 5.41) is 41.0. The van der Waals surface area contributed by atoms with E-state index in [2.05, 4.69) is 23.0 Å². The van der Waals surface area contributed by atoms with Crippen molar-refractivity contribution in [2.24, 2.45) is 10.8 Å². The van der Waals surface area contributed by atoms with E-state index in [9.17, 15) is 20.4 Å². The SMILES string of the molecule is CCCCCCCCCC[n+]1cccc(OCC(CO)(CO)COCC(CO)(CO)COc2ccc[n+](CCCCCCCCCC)c2)c1.[Br-].[Br-]. The smallest absolute Gasteiger partial charge is 0.211 e. The number of aliphatic hydroxyl groups excluding tert-OH is 4. The normalized spacial score (nSPS) is 11.6. The third kappa shape index (κ3) is 21.2. The molecule has 2 aromatic rings. The van der Waals surface area contributed by atoms with Crippen molar-refractivity contribution in [1.29, 1.82) is 0 Å². The lowest BCUT2D eigenvalue weighted by atomic mass is 9.90. The van der Waals surface area contributed by atoms with Crippen LogP contribution in [0, 0.1) is 10.8 Å². The molecule has 0 amide bonds. The van der Waals surface area contributed by atoms with Crippen molar-refractivity contribution >= 4 is 0 Å². The molecule has 0 aliphatic rings. The van der Waals surface area contributed by atoms with Gasteiger partial charge >= 0.3 is 0 Å². The van der Waals surface area contributed by atoms with Crippen LogP contribution in [-0.4, -0.2) is 73.3 Å². The number of hydrogen-bond acceptors (Lipinski definition) is 7. The summed E-state index contributed by atoms with van der Waals surface area (Å²) in [6.07, 6.45) is 28.3. The highest BCUT2D eigenvalue weighted by Gasteiger charge is 2.35. The highest BCUT2D eigenvalue weighted by molar-refractivity contribution is 5.13. The van der Waals surface area contributed by atoms with Crippen molar-refractivity contribution in [2.45, 2.75) is 130 Å². The number of halogens is 2. The molecule has 0 aliphatic carbocycles. The van der Waals surface area contributed by atoms with Gasteiger partial charge in [-0.1, -0.05) is 90.9 Å². The van der Waals surface area contributed by atoms with E-state index < -0.39 is 10.8 Å². The first kappa shape index (κ1) is 49.7. The minimum Gasteiger partial charge on any atom is -1.00 e. The van der Waals surface area contributed by atoms with Gasteiger partial charge in [-0.3, -0.25) is 0 Å². The second-order valence-corrected chi connectivity index (χ2v) is 14.2. The van der Waals surface area contributed by atoms with Gasteiger partial charge in [0.05, 0.1) is 50.5 Å². The van der Waals surface area contributed by atoms with Crippen molar-refractivity contribution < 1.29 is 77.7 Å². The van der Waals surface area contributed by atoms with E-state index >= 15 is 0 Å². The summed E-state index contributed by atoms with van der Waals surface area (Å²) >= 11 is 0. The second-order valence-electron chi connectivity index (χ2n) is 14.2. The minimum atomic E-state index is -1.06. The van der Waals surface area contributed by atoms with Gasteiger partial charge in [0, 0.05) is 25.0 Å². The Kier molecular flexibility index (Phi) is 30.2. The lowest BCUT2D eigenvalue weighted by Crippen LogP contribution is -3.00. The van der Waals surface area contributed by atoms with Gasteiger partial charge in [0.15, 0.2) is 23.9 Å². The summed E-state index contributed by atoms with van der Waals surface area (Å²) in [4.78, 5) is 0. The Bertz CT molecular complexity index is 1010. The molecule has 296 valence electrons. The van der Waals surface area contributed by atoms with Crippen LogP contribution in [0.1, 0.15) is 117 Å². The maximum absolute atomic E-state index is 10.2. The van der Waals surface area contributed by atoms with Crippen molar-refractivity contribution in [3.63, 3.8) is 0 Å². The molecule has 4 N–H and O–H groups in total. The summed E-state index contributed by atoms with van der Waals surface area (Å²) in [7, 11) is 0. The van der Waals surface area contributed by atoms with Crippen LogP contribution in [0.4, 0.5) is 0 Å². The molecule has 2 heterocycles. The van der Waals surface area contributed by atoms with Crippen LogP contribution in [0.25, 0.3) is 0 Å². The number of aromatic nitrogens is 2. The number of ether oxygens (including phenoxy) is 3. The molecule has 2 rings (SSSR count). The third-order valence-corrected chi connectivity index (χ3v) is 9.45. The number of unbranched alkanes of at least 4 members (excludes halogenated alkanes) is 14. The van der Waals surface area contributed by atoms with E-state index in [-0.39, 0.29) is 86.8 Å². The monoisotopic (exact) mass is 848 g/mol. The first-order valence-electron chi connectivity index (χ1n) is 19.2. The summed E-state index contributed by atoms with van der Waals surface area (Å²) in [5.41, 5.74) is -2.12. The quantitative estimate of drug-likeness (QED) is 0.0605. The summed E-state index contributed by atoms with van der Waals surface area (Å²) in [6, 6.07) is 7.62. The Morgan fingerprint density at radius 3 is 1.16 bits per heavy atom. The van der Waals surface area contributed by atoms with Crippen LogP contribution < -0.4 is 52.6 Å². The minimum absolute atomic E-state index is 0. The first-order valence-corrected chi connectivity index (χ1v) is 19.2. The molecule has 0 bridgehead atoms. The highest BCUT2D eigenvalue weighted by Crippen LogP contribution is 2.24. The fraction of sp³-hybridized carbons (Fsp3) is 0.750. The van der Waals surface area contributed by atoms with Crippen molar-refractivity contribution in [3.05, 3.63) is 49.1 Å². The molecule has 51 heavy (non-hydrogen) atoms. The number of aliphatic hydroxyl groups is 4. The van der Waals surface area contributed by atoms with Crippen molar-refractivity contribution in [1.82, 2.24) is 0 Å². The number of aryl methyl sites for hydroxylation is 2. The van der Waals surface area contributed by atoms with Crippen molar-refractivity contribution in [2.75, 3.05) is 52.9 Å². The van der Waals surface area contributed by atoms with Gasteiger partial charge in [0.1, 0.15) is 26.3 Å². The number of hydrogen-bond donors (Lipinski definition) is 4. The molecule has 2 aromatic heterocycles. The predicted molar refractivity (Wildman–Crippen MR) is 194 cm³/mol.